The fourth-order valence-corrected chi connectivity index (χ4v) is 8.77. The molecule has 0 amide bonds. The summed E-state index contributed by atoms with van der Waals surface area (Å²) in [6.07, 6.45) is 18.1. The first-order valence-corrected chi connectivity index (χ1v) is 15.6. The molecule has 37 heavy (non-hydrogen) atoms. The van der Waals surface area contributed by atoms with E-state index in [2.05, 4.69) is 19.9 Å². The van der Waals surface area contributed by atoms with E-state index in [-0.39, 0.29) is 6.10 Å². The van der Waals surface area contributed by atoms with Crippen molar-refractivity contribution in [3.05, 3.63) is 11.6 Å². The van der Waals surface area contributed by atoms with Gasteiger partial charge in [-0.1, -0.05) is 52.2 Å². The van der Waals surface area contributed by atoms with E-state index in [0.29, 0.717) is 17.4 Å². The van der Waals surface area contributed by atoms with Crippen LogP contribution in [-0.2, 0) is 14.2 Å². The molecule has 0 spiro atoms. The molecule has 0 aromatic heterocycles. The molecular weight excluding hydrogens is 460 g/mol. The van der Waals surface area contributed by atoms with Crippen LogP contribution >= 0.6 is 0 Å². The standard InChI is InChI=1S/C31H54O4.C2H6/c1-28(2,32)17-9-8-10-22-12-14-26-25-13-11-23-20-24(35-21-31(5,33-6)34-7)15-18-30(23,4)27(25)16-19-29(22,26)3;1-2/h11,22,24-27,32H,8-10,12-21H2,1-7H3;1-2H3. The van der Waals surface area contributed by atoms with Gasteiger partial charge in [-0.3, -0.25) is 0 Å². The highest BCUT2D eigenvalue weighted by Gasteiger charge is 2.58. The summed E-state index contributed by atoms with van der Waals surface area (Å²) >= 11 is 0. The van der Waals surface area contributed by atoms with Gasteiger partial charge in [0.2, 0.25) is 0 Å². The van der Waals surface area contributed by atoms with Crippen LogP contribution in [0.5, 0.6) is 0 Å². The number of fused-ring (bicyclic) bond motifs is 5. The molecule has 1 N–H and O–H groups in total. The predicted molar refractivity (Wildman–Crippen MR) is 153 cm³/mol. The predicted octanol–water partition coefficient (Wildman–Crippen LogP) is 8.32. The average Bonchev–Trinajstić information content (AvgIpc) is 3.22. The maximum Gasteiger partial charge on any atom is 0.188 e. The van der Waals surface area contributed by atoms with Crippen LogP contribution in [0.4, 0.5) is 0 Å². The van der Waals surface area contributed by atoms with E-state index in [4.69, 9.17) is 14.2 Å². The van der Waals surface area contributed by atoms with E-state index in [9.17, 15) is 5.11 Å². The van der Waals surface area contributed by atoms with Crippen LogP contribution in [0.1, 0.15) is 126 Å². The van der Waals surface area contributed by atoms with E-state index in [1.807, 2.05) is 34.6 Å². The van der Waals surface area contributed by atoms with Gasteiger partial charge in [0.1, 0.15) is 6.61 Å². The second-order valence-corrected chi connectivity index (χ2v) is 13.9. The van der Waals surface area contributed by atoms with Crippen LogP contribution in [0.25, 0.3) is 0 Å². The van der Waals surface area contributed by atoms with Crippen molar-refractivity contribution in [3.63, 3.8) is 0 Å². The highest BCUT2D eigenvalue weighted by atomic mass is 16.7. The van der Waals surface area contributed by atoms with Crippen molar-refractivity contribution in [2.45, 2.75) is 143 Å². The zero-order valence-electron chi connectivity index (χ0n) is 25.8. The zero-order chi connectivity index (χ0) is 27.5. The lowest BCUT2D eigenvalue weighted by Crippen LogP contribution is -2.50. The molecule has 0 radical (unpaired) electrons. The first-order valence-electron chi connectivity index (χ1n) is 15.6. The van der Waals surface area contributed by atoms with Crippen molar-refractivity contribution < 1.29 is 19.3 Å². The summed E-state index contributed by atoms with van der Waals surface area (Å²) in [5.74, 6) is 2.83. The van der Waals surface area contributed by atoms with Crippen molar-refractivity contribution in [2.75, 3.05) is 20.8 Å². The van der Waals surface area contributed by atoms with Crippen LogP contribution in [0.15, 0.2) is 11.6 Å². The fraction of sp³-hybridized carbons (Fsp3) is 0.939. The van der Waals surface area contributed by atoms with Gasteiger partial charge in [0.05, 0.1) is 11.7 Å². The quantitative estimate of drug-likeness (QED) is 0.179. The van der Waals surface area contributed by atoms with Crippen LogP contribution in [0.3, 0.4) is 0 Å². The highest BCUT2D eigenvalue weighted by molar-refractivity contribution is 5.25. The van der Waals surface area contributed by atoms with Gasteiger partial charge in [-0.15, -0.1) is 0 Å². The minimum absolute atomic E-state index is 0.282. The van der Waals surface area contributed by atoms with E-state index in [1.165, 1.54) is 51.4 Å². The Labute approximate surface area is 229 Å². The van der Waals surface area contributed by atoms with Crippen molar-refractivity contribution in [1.82, 2.24) is 0 Å². The maximum absolute atomic E-state index is 10.1. The second-order valence-electron chi connectivity index (χ2n) is 13.9. The van der Waals surface area contributed by atoms with Crippen LogP contribution < -0.4 is 0 Å². The maximum atomic E-state index is 10.1. The molecule has 0 aliphatic heterocycles. The summed E-state index contributed by atoms with van der Waals surface area (Å²) in [5.41, 5.74) is 2.05. The summed E-state index contributed by atoms with van der Waals surface area (Å²) < 4.78 is 17.3. The van der Waals surface area contributed by atoms with Crippen LogP contribution in [0.2, 0.25) is 0 Å². The van der Waals surface area contributed by atoms with Gasteiger partial charge in [-0.2, -0.15) is 0 Å². The van der Waals surface area contributed by atoms with E-state index >= 15 is 0 Å². The zero-order valence-corrected chi connectivity index (χ0v) is 25.8. The lowest BCUT2D eigenvalue weighted by molar-refractivity contribution is -0.231. The lowest BCUT2D eigenvalue weighted by Gasteiger charge is -2.58. The number of hydrogen-bond donors (Lipinski definition) is 1. The number of ether oxygens (including phenoxy) is 3. The molecule has 0 heterocycles. The third kappa shape index (κ3) is 6.67. The van der Waals surface area contributed by atoms with Crippen molar-refractivity contribution >= 4 is 0 Å². The minimum Gasteiger partial charge on any atom is -0.390 e. The minimum atomic E-state index is -0.659. The van der Waals surface area contributed by atoms with Crippen LogP contribution in [0, 0.1) is 34.5 Å². The molecule has 3 saturated carbocycles. The number of aliphatic hydroxyl groups is 1. The molecule has 0 aromatic carbocycles. The number of unbranched alkanes of at least 4 members (excludes halogenated alkanes) is 1. The molecule has 0 saturated heterocycles. The SMILES string of the molecule is CC.COC(C)(COC1CCC2(C)C(=CCC3C2CCC2(C)C(CCCCC(C)(C)O)CCC32)C1)OC. The first-order chi connectivity index (χ1) is 17.4. The Morgan fingerprint density at radius 2 is 1.65 bits per heavy atom. The molecule has 4 nitrogen and oxygen atoms in total. The normalized spacial score (nSPS) is 37.6. The van der Waals surface area contributed by atoms with Gasteiger partial charge in [0, 0.05) is 14.2 Å². The van der Waals surface area contributed by atoms with Crippen molar-refractivity contribution in [1.29, 1.82) is 0 Å². The van der Waals surface area contributed by atoms with Gasteiger partial charge in [0.15, 0.2) is 5.79 Å². The molecule has 4 heteroatoms. The largest absolute Gasteiger partial charge is 0.390 e. The Morgan fingerprint density at radius 3 is 2.30 bits per heavy atom. The number of methoxy groups -OCH3 is 2. The molecule has 3 fully saturated rings. The summed E-state index contributed by atoms with van der Waals surface area (Å²) in [7, 11) is 3.38. The van der Waals surface area contributed by atoms with Gasteiger partial charge in [-0.25, -0.2) is 0 Å². The monoisotopic (exact) mass is 520 g/mol. The Morgan fingerprint density at radius 1 is 0.946 bits per heavy atom. The molecule has 0 aromatic rings. The summed E-state index contributed by atoms with van der Waals surface area (Å²) in [5, 5.41) is 10.1. The first kappa shape index (κ1) is 31.1. The fourth-order valence-electron chi connectivity index (χ4n) is 8.77. The summed E-state index contributed by atoms with van der Waals surface area (Å²) in [6, 6.07) is 0. The van der Waals surface area contributed by atoms with E-state index in [1.54, 1.807) is 19.8 Å². The molecule has 4 aliphatic rings. The molecule has 4 rings (SSSR count). The van der Waals surface area contributed by atoms with Crippen LogP contribution in [-0.4, -0.2) is 43.4 Å². The van der Waals surface area contributed by atoms with Gasteiger partial charge in [-0.05, 0) is 119 Å². The third-order valence-corrected chi connectivity index (χ3v) is 11.3. The summed E-state index contributed by atoms with van der Waals surface area (Å²) in [6.45, 7) is 15.6. The van der Waals surface area contributed by atoms with Gasteiger partial charge in [0.25, 0.3) is 0 Å². The van der Waals surface area contributed by atoms with E-state index < -0.39 is 11.4 Å². The van der Waals surface area contributed by atoms with Gasteiger partial charge >= 0.3 is 0 Å². The smallest absolute Gasteiger partial charge is 0.188 e. The molecule has 7 atom stereocenters. The third-order valence-electron chi connectivity index (χ3n) is 11.3. The number of rotatable bonds is 10. The van der Waals surface area contributed by atoms with Crippen molar-refractivity contribution in [2.24, 2.45) is 34.5 Å². The Bertz CT molecular complexity index is 750. The molecule has 0 bridgehead atoms. The molecule has 7 unspecified atom stereocenters. The highest BCUT2D eigenvalue weighted by Crippen LogP contribution is 2.66. The second kappa shape index (κ2) is 12.4. The molecule has 4 aliphatic carbocycles. The Hall–Kier alpha value is -0.420. The summed E-state index contributed by atoms with van der Waals surface area (Å²) in [4.78, 5) is 0. The average molecular weight is 521 g/mol. The van der Waals surface area contributed by atoms with E-state index in [0.717, 1.165) is 49.4 Å². The number of hydrogen-bond acceptors (Lipinski definition) is 4. The Balaban J connectivity index is 0.00000186. The number of allylic oxidation sites excluding steroid dienone is 1. The van der Waals surface area contributed by atoms with Crippen molar-refractivity contribution in [3.8, 4) is 0 Å². The van der Waals surface area contributed by atoms with Gasteiger partial charge < -0.3 is 19.3 Å². The molecule has 216 valence electrons. The lowest BCUT2D eigenvalue weighted by atomic mass is 9.47. The Kier molecular flexibility index (Phi) is 10.4. The topological polar surface area (TPSA) is 47.9 Å². The molecular formula is C33H60O4.